The van der Waals surface area contributed by atoms with Gasteiger partial charge in [-0.2, -0.15) is 0 Å². The third kappa shape index (κ3) is 3.75. The van der Waals surface area contributed by atoms with Crippen LogP contribution >= 0.6 is 0 Å². The molecule has 5 nitrogen and oxygen atoms in total. The first-order valence-electron chi connectivity index (χ1n) is 7.06. The van der Waals surface area contributed by atoms with Crippen molar-refractivity contribution < 1.29 is 19.4 Å². The molecule has 0 bridgehead atoms. The molecule has 116 valence electrons. The molecule has 0 fully saturated rings. The summed E-state index contributed by atoms with van der Waals surface area (Å²) in [6, 6.07) is 9.05. The summed E-state index contributed by atoms with van der Waals surface area (Å²) in [7, 11) is 1.57. The number of hydrogen-bond donors (Lipinski definition) is 0. The standard InChI is InChI=1S/C17H19NO4/c1-3-22-16-10-13(4-5-15(16)21-2)14(11-17(19)20)12-6-8-18-9-7-12/h4-10,14H,3,11H2,1-2H3,(H,19,20)/p-1. The third-order valence-corrected chi connectivity index (χ3v) is 3.37. The maximum absolute atomic E-state index is 11.1. The van der Waals surface area contributed by atoms with Gasteiger partial charge in [0.25, 0.3) is 0 Å². The lowest BCUT2D eigenvalue weighted by Gasteiger charge is -2.20. The molecule has 0 radical (unpaired) electrons. The van der Waals surface area contributed by atoms with Gasteiger partial charge in [0.2, 0.25) is 0 Å². The molecule has 0 saturated heterocycles. The van der Waals surface area contributed by atoms with Crippen LogP contribution in [0, 0.1) is 0 Å². The van der Waals surface area contributed by atoms with Crippen molar-refractivity contribution in [2.24, 2.45) is 0 Å². The van der Waals surface area contributed by atoms with Gasteiger partial charge in [-0.3, -0.25) is 4.98 Å². The van der Waals surface area contributed by atoms with Crippen molar-refractivity contribution in [3.8, 4) is 11.5 Å². The summed E-state index contributed by atoms with van der Waals surface area (Å²) >= 11 is 0. The number of carboxylic acids is 1. The zero-order valence-electron chi connectivity index (χ0n) is 12.6. The van der Waals surface area contributed by atoms with Crippen LogP contribution in [0.3, 0.4) is 0 Å². The summed E-state index contributed by atoms with van der Waals surface area (Å²) in [4.78, 5) is 15.1. The molecule has 1 atom stereocenters. The molecule has 0 aliphatic rings. The van der Waals surface area contributed by atoms with Crippen molar-refractivity contribution in [1.82, 2.24) is 4.98 Å². The van der Waals surface area contributed by atoms with Crippen LogP contribution in [-0.4, -0.2) is 24.7 Å². The quantitative estimate of drug-likeness (QED) is 0.779. The number of carbonyl (C=O) groups excluding carboxylic acids is 1. The van der Waals surface area contributed by atoms with E-state index < -0.39 is 5.97 Å². The fourth-order valence-electron chi connectivity index (χ4n) is 2.37. The summed E-state index contributed by atoms with van der Waals surface area (Å²) in [5.41, 5.74) is 1.70. The minimum absolute atomic E-state index is 0.109. The van der Waals surface area contributed by atoms with Gasteiger partial charge in [0, 0.05) is 24.3 Å². The molecule has 0 aliphatic carbocycles. The van der Waals surface area contributed by atoms with Gasteiger partial charge >= 0.3 is 0 Å². The van der Waals surface area contributed by atoms with Crippen LogP contribution in [0.1, 0.15) is 30.4 Å². The molecule has 0 aliphatic heterocycles. The Kier molecular flexibility index (Phi) is 5.36. The molecule has 0 N–H and O–H groups in total. The largest absolute Gasteiger partial charge is 0.550 e. The van der Waals surface area contributed by atoms with Crippen LogP contribution in [-0.2, 0) is 4.79 Å². The third-order valence-electron chi connectivity index (χ3n) is 3.37. The van der Waals surface area contributed by atoms with E-state index in [2.05, 4.69) is 4.98 Å². The topological polar surface area (TPSA) is 71.5 Å². The van der Waals surface area contributed by atoms with E-state index in [1.807, 2.05) is 19.1 Å². The van der Waals surface area contributed by atoms with Gasteiger partial charge in [-0.25, -0.2) is 0 Å². The lowest BCUT2D eigenvalue weighted by atomic mass is 9.89. The number of ether oxygens (including phenoxy) is 2. The van der Waals surface area contributed by atoms with Gasteiger partial charge in [-0.05, 0) is 48.7 Å². The lowest BCUT2D eigenvalue weighted by molar-refractivity contribution is -0.305. The van der Waals surface area contributed by atoms with E-state index in [0.717, 1.165) is 11.1 Å². The van der Waals surface area contributed by atoms with Crippen LogP contribution in [0.25, 0.3) is 0 Å². The number of aliphatic carboxylic acids is 1. The fraction of sp³-hybridized carbons (Fsp3) is 0.294. The van der Waals surface area contributed by atoms with Crippen LogP contribution in [0.5, 0.6) is 11.5 Å². The van der Waals surface area contributed by atoms with E-state index in [9.17, 15) is 9.90 Å². The van der Waals surface area contributed by atoms with E-state index in [1.54, 1.807) is 37.7 Å². The number of carbonyl (C=O) groups is 1. The number of carboxylic acid groups (broad SMARTS) is 1. The van der Waals surface area contributed by atoms with Crippen LogP contribution in [0.4, 0.5) is 0 Å². The Morgan fingerprint density at radius 1 is 1.18 bits per heavy atom. The van der Waals surface area contributed by atoms with Crippen LogP contribution in [0.2, 0.25) is 0 Å². The van der Waals surface area contributed by atoms with Gasteiger partial charge in [0.05, 0.1) is 13.7 Å². The maximum Gasteiger partial charge on any atom is 0.161 e. The molecular formula is C17H18NO4-. The molecule has 0 spiro atoms. The zero-order valence-corrected chi connectivity index (χ0v) is 12.6. The van der Waals surface area contributed by atoms with E-state index >= 15 is 0 Å². The summed E-state index contributed by atoms with van der Waals surface area (Å²) in [6.45, 7) is 2.38. The Hall–Kier alpha value is -2.56. The Morgan fingerprint density at radius 3 is 2.50 bits per heavy atom. The summed E-state index contributed by atoms with van der Waals surface area (Å²) in [5, 5.41) is 11.1. The molecule has 1 aromatic heterocycles. The molecule has 1 aromatic carbocycles. The van der Waals surface area contributed by atoms with Gasteiger partial charge in [-0.1, -0.05) is 6.07 Å². The fourth-order valence-corrected chi connectivity index (χ4v) is 2.37. The van der Waals surface area contributed by atoms with Crippen molar-refractivity contribution in [3.05, 3.63) is 53.9 Å². The second-order valence-electron chi connectivity index (χ2n) is 4.75. The maximum atomic E-state index is 11.1. The average molecular weight is 300 g/mol. The average Bonchev–Trinajstić information content (AvgIpc) is 2.53. The predicted octanol–water partition coefficient (Wildman–Crippen LogP) is 1.76. The Balaban J connectivity index is 2.43. The number of nitrogens with zero attached hydrogens (tertiary/aromatic N) is 1. The number of benzene rings is 1. The highest BCUT2D eigenvalue weighted by Crippen LogP contribution is 2.34. The molecule has 5 heteroatoms. The van der Waals surface area contributed by atoms with Crippen molar-refractivity contribution in [2.45, 2.75) is 19.3 Å². The molecule has 0 saturated carbocycles. The Bertz CT molecular complexity index is 628. The molecule has 1 unspecified atom stereocenters. The van der Waals surface area contributed by atoms with Crippen molar-refractivity contribution in [2.75, 3.05) is 13.7 Å². The zero-order chi connectivity index (χ0) is 15.9. The Morgan fingerprint density at radius 2 is 1.91 bits per heavy atom. The van der Waals surface area contributed by atoms with Crippen molar-refractivity contribution in [3.63, 3.8) is 0 Å². The first-order chi connectivity index (χ1) is 10.7. The van der Waals surface area contributed by atoms with E-state index in [1.165, 1.54) is 0 Å². The SMILES string of the molecule is CCOc1cc(C(CC(=O)[O-])c2ccncc2)ccc1OC. The van der Waals surface area contributed by atoms with Gasteiger partial charge in [0.15, 0.2) is 11.5 Å². The first kappa shape index (κ1) is 15.8. The van der Waals surface area contributed by atoms with Crippen molar-refractivity contribution in [1.29, 1.82) is 0 Å². The van der Waals surface area contributed by atoms with Gasteiger partial charge in [-0.15, -0.1) is 0 Å². The van der Waals surface area contributed by atoms with Crippen molar-refractivity contribution >= 4 is 5.97 Å². The van der Waals surface area contributed by atoms with Crippen LogP contribution in [0.15, 0.2) is 42.7 Å². The highest BCUT2D eigenvalue weighted by atomic mass is 16.5. The second-order valence-corrected chi connectivity index (χ2v) is 4.75. The van der Waals surface area contributed by atoms with Crippen LogP contribution < -0.4 is 14.6 Å². The number of methoxy groups -OCH3 is 1. The smallest absolute Gasteiger partial charge is 0.161 e. The van der Waals surface area contributed by atoms with Gasteiger partial charge in [0.1, 0.15) is 0 Å². The normalized spacial score (nSPS) is 11.7. The molecular weight excluding hydrogens is 282 g/mol. The predicted molar refractivity (Wildman–Crippen MR) is 79.9 cm³/mol. The number of rotatable bonds is 7. The second kappa shape index (κ2) is 7.45. The lowest BCUT2D eigenvalue weighted by Crippen LogP contribution is -2.25. The number of pyridine rings is 1. The van der Waals surface area contributed by atoms with E-state index in [4.69, 9.17) is 9.47 Å². The minimum Gasteiger partial charge on any atom is -0.550 e. The first-order valence-corrected chi connectivity index (χ1v) is 7.06. The summed E-state index contributed by atoms with van der Waals surface area (Å²) < 4.78 is 10.8. The minimum atomic E-state index is -1.10. The van der Waals surface area contributed by atoms with E-state index in [0.29, 0.717) is 18.1 Å². The highest BCUT2D eigenvalue weighted by molar-refractivity contribution is 5.67. The number of hydrogen-bond acceptors (Lipinski definition) is 5. The highest BCUT2D eigenvalue weighted by Gasteiger charge is 2.17. The molecule has 2 aromatic rings. The Labute approximate surface area is 129 Å². The molecule has 0 amide bonds. The molecule has 22 heavy (non-hydrogen) atoms. The van der Waals surface area contributed by atoms with Gasteiger partial charge < -0.3 is 19.4 Å². The summed E-state index contributed by atoms with van der Waals surface area (Å²) in [5.74, 6) is -0.207. The monoisotopic (exact) mass is 300 g/mol. The summed E-state index contributed by atoms with van der Waals surface area (Å²) in [6.07, 6.45) is 3.18. The number of aromatic nitrogens is 1. The molecule has 2 rings (SSSR count). The van der Waals surface area contributed by atoms with E-state index in [-0.39, 0.29) is 12.3 Å². The molecule has 1 heterocycles.